The fourth-order valence-corrected chi connectivity index (χ4v) is 4.73. The SMILES string of the molecule is CN(C)c1ccc(-c2ccnc3c(C(=O)c4cccs4)cnn23)cc1NC(=O)c1ccccc1Cl. The van der Waals surface area contributed by atoms with Gasteiger partial charge in [-0.2, -0.15) is 5.10 Å². The van der Waals surface area contributed by atoms with Crippen molar-refractivity contribution in [3.63, 3.8) is 0 Å². The van der Waals surface area contributed by atoms with Gasteiger partial charge in [-0.3, -0.25) is 9.59 Å². The molecule has 3 aromatic heterocycles. The first kappa shape index (κ1) is 22.8. The summed E-state index contributed by atoms with van der Waals surface area (Å²) in [5.41, 5.74) is 4.28. The van der Waals surface area contributed by atoms with Crippen molar-refractivity contribution in [1.82, 2.24) is 14.6 Å². The Bertz CT molecular complexity index is 1560. The Morgan fingerprint density at radius 1 is 1.03 bits per heavy atom. The van der Waals surface area contributed by atoms with Gasteiger partial charge >= 0.3 is 0 Å². The maximum atomic E-state index is 13.0. The van der Waals surface area contributed by atoms with Crippen LogP contribution in [-0.4, -0.2) is 40.4 Å². The molecule has 5 aromatic rings. The van der Waals surface area contributed by atoms with Gasteiger partial charge < -0.3 is 10.2 Å². The molecule has 0 aliphatic heterocycles. The summed E-state index contributed by atoms with van der Waals surface area (Å²) in [6.45, 7) is 0. The molecule has 0 unspecified atom stereocenters. The van der Waals surface area contributed by atoms with Gasteiger partial charge in [-0.15, -0.1) is 11.3 Å². The molecule has 9 heteroatoms. The zero-order chi connectivity index (χ0) is 24.5. The molecule has 0 atom stereocenters. The Balaban J connectivity index is 1.56. The Morgan fingerprint density at radius 2 is 1.86 bits per heavy atom. The lowest BCUT2D eigenvalue weighted by atomic mass is 10.1. The molecular formula is C26H20ClN5O2S. The highest BCUT2D eigenvalue weighted by Crippen LogP contribution is 2.32. The van der Waals surface area contributed by atoms with Crippen molar-refractivity contribution < 1.29 is 9.59 Å². The zero-order valence-corrected chi connectivity index (χ0v) is 20.5. The third-order valence-corrected chi connectivity index (χ3v) is 6.73. The van der Waals surface area contributed by atoms with Crippen LogP contribution < -0.4 is 10.2 Å². The summed E-state index contributed by atoms with van der Waals surface area (Å²) in [5.74, 6) is -0.422. The van der Waals surface area contributed by atoms with Crippen molar-refractivity contribution in [1.29, 1.82) is 0 Å². The molecule has 0 spiro atoms. The first-order chi connectivity index (χ1) is 16.9. The van der Waals surface area contributed by atoms with Crippen molar-refractivity contribution in [3.05, 3.63) is 99.5 Å². The lowest BCUT2D eigenvalue weighted by molar-refractivity contribution is 0.102. The second kappa shape index (κ2) is 9.32. The van der Waals surface area contributed by atoms with E-state index in [1.807, 2.05) is 54.7 Å². The molecule has 5 rings (SSSR count). The smallest absolute Gasteiger partial charge is 0.257 e. The number of aromatic nitrogens is 3. The number of anilines is 2. The third-order valence-electron chi connectivity index (χ3n) is 5.53. The van der Waals surface area contributed by atoms with E-state index >= 15 is 0 Å². The van der Waals surface area contributed by atoms with Gasteiger partial charge in [0.05, 0.1) is 44.3 Å². The van der Waals surface area contributed by atoms with Crippen molar-refractivity contribution in [2.45, 2.75) is 0 Å². The number of halogens is 1. The predicted octanol–water partition coefficient (Wildman–Crippen LogP) is 5.66. The number of nitrogens with one attached hydrogen (secondary N) is 1. The fourth-order valence-electron chi connectivity index (χ4n) is 3.83. The standard InChI is InChI=1S/C26H20ClN5O2S/c1-31(2)22-10-9-16(14-20(22)30-26(34)17-6-3-4-7-19(17)27)21-11-12-28-25-18(15-29-32(21)25)24(33)23-8-5-13-35-23/h3-15H,1-2H3,(H,30,34). The molecule has 0 saturated heterocycles. The van der Waals surface area contributed by atoms with Gasteiger partial charge in [0.2, 0.25) is 5.78 Å². The molecular weight excluding hydrogens is 482 g/mol. The summed E-state index contributed by atoms with van der Waals surface area (Å²) in [6, 6.07) is 18.1. The first-order valence-electron chi connectivity index (χ1n) is 10.7. The van der Waals surface area contributed by atoms with Crippen molar-refractivity contribution in [2.24, 2.45) is 0 Å². The first-order valence-corrected chi connectivity index (χ1v) is 12.0. The maximum Gasteiger partial charge on any atom is 0.257 e. The van der Waals surface area contributed by atoms with Gasteiger partial charge in [0.25, 0.3) is 5.91 Å². The van der Waals surface area contributed by atoms with E-state index in [0.29, 0.717) is 32.4 Å². The molecule has 0 radical (unpaired) electrons. The molecule has 35 heavy (non-hydrogen) atoms. The molecule has 0 fully saturated rings. The van der Waals surface area contributed by atoms with E-state index in [1.54, 1.807) is 47.2 Å². The topological polar surface area (TPSA) is 79.6 Å². The quantitative estimate of drug-likeness (QED) is 0.304. The zero-order valence-electron chi connectivity index (χ0n) is 18.9. The minimum absolute atomic E-state index is 0.115. The van der Waals surface area contributed by atoms with Crippen LogP contribution in [0.5, 0.6) is 0 Å². The molecule has 3 heterocycles. The molecule has 7 nitrogen and oxygen atoms in total. The number of thiophene rings is 1. The summed E-state index contributed by atoms with van der Waals surface area (Å²) in [6.07, 6.45) is 3.20. The van der Waals surface area contributed by atoms with Crippen LogP contribution >= 0.6 is 22.9 Å². The molecule has 0 aliphatic carbocycles. The molecule has 2 aromatic carbocycles. The van der Waals surface area contributed by atoms with E-state index in [-0.39, 0.29) is 11.7 Å². The lowest BCUT2D eigenvalue weighted by Gasteiger charge is -2.19. The van der Waals surface area contributed by atoms with E-state index in [1.165, 1.54) is 11.3 Å². The predicted molar refractivity (Wildman–Crippen MR) is 140 cm³/mol. The number of fused-ring (bicyclic) bond motifs is 1. The summed E-state index contributed by atoms with van der Waals surface area (Å²) in [4.78, 5) is 32.9. The Kier molecular flexibility index (Phi) is 6.07. The summed E-state index contributed by atoms with van der Waals surface area (Å²) in [7, 11) is 3.81. The summed E-state index contributed by atoms with van der Waals surface area (Å²) < 4.78 is 1.64. The van der Waals surface area contributed by atoms with Gasteiger partial charge in [0.1, 0.15) is 0 Å². The normalized spacial score (nSPS) is 10.9. The van der Waals surface area contributed by atoms with E-state index in [4.69, 9.17) is 11.6 Å². The van der Waals surface area contributed by atoms with Gasteiger partial charge in [-0.25, -0.2) is 9.50 Å². The van der Waals surface area contributed by atoms with Gasteiger partial charge in [-0.1, -0.05) is 35.9 Å². The number of carbonyl (C=O) groups is 2. The Labute approximate surface area is 210 Å². The van der Waals surface area contributed by atoms with Crippen LogP contribution in [0.4, 0.5) is 11.4 Å². The van der Waals surface area contributed by atoms with E-state index in [2.05, 4.69) is 15.4 Å². The number of nitrogens with zero attached hydrogens (tertiary/aromatic N) is 4. The number of rotatable bonds is 6. The van der Waals surface area contributed by atoms with Crippen LogP contribution in [0.2, 0.25) is 5.02 Å². The number of amides is 1. The van der Waals surface area contributed by atoms with Crippen LogP contribution in [0.25, 0.3) is 16.9 Å². The largest absolute Gasteiger partial charge is 0.376 e. The molecule has 0 aliphatic rings. The highest BCUT2D eigenvalue weighted by molar-refractivity contribution is 7.12. The van der Waals surface area contributed by atoms with Crippen LogP contribution in [0.15, 0.2) is 78.4 Å². The molecule has 1 amide bonds. The number of benzene rings is 2. The number of hydrogen-bond donors (Lipinski definition) is 1. The second-order valence-electron chi connectivity index (χ2n) is 7.99. The second-order valence-corrected chi connectivity index (χ2v) is 9.35. The average molecular weight is 502 g/mol. The molecule has 1 N–H and O–H groups in total. The third kappa shape index (κ3) is 4.29. The van der Waals surface area contributed by atoms with Crippen molar-refractivity contribution in [2.75, 3.05) is 24.3 Å². The Hall–Kier alpha value is -4.01. The molecule has 0 bridgehead atoms. The van der Waals surface area contributed by atoms with Crippen LogP contribution in [0, 0.1) is 0 Å². The Morgan fingerprint density at radius 3 is 2.60 bits per heavy atom. The highest BCUT2D eigenvalue weighted by atomic mass is 35.5. The van der Waals surface area contributed by atoms with E-state index in [0.717, 1.165) is 16.9 Å². The minimum Gasteiger partial charge on any atom is -0.376 e. The van der Waals surface area contributed by atoms with Crippen LogP contribution in [0.1, 0.15) is 25.6 Å². The van der Waals surface area contributed by atoms with Gasteiger partial charge in [0.15, 0.2) is 5.65 Å². The maximum absolute atomic E-state index is 13.0. The van der Waals surface area contributed by atoms with Gasteiger partial charge in [-0.05, 0) is 41.8 Å². The fraction of sp³-hybridized carbons (Fsp3) is 0.0769. The molecule has 0 saturated carbocycles. The van der Waals surface area contributed by atoms with Crippen molar-refractivity contribution >= 4 is 51.7 Å². The number of hydrogen-bond acceptors (Lipinski definition) is 6. The average Bonchev–Trinajstić information content (AvgIpc) is 3.54. The summed E-state index contributed by atoms with van der Waals surface area (Å²) >= 11 is 7.61. The van der Waals surface area contributed by atoms with Crippen LogP contribution in [0.3, 0.4) is 0 Å². The van der Waals surface area contributed by atoms with Crippen LogP contribution in [-0.2, 0) is 0 Å². The van der Waals surface area contributed by atoms with E-state index < -0.39 is 0 Å². The van der Waals surface area contributed by atoms with E-state index in [9.17, 15) is 9.59 Å². The van der Waals surface area contributed by atoms with Crippen molar-refractivity contribution in [3.8, 4) is 11.3 Å². The number of carbonyl (C=O) groups excluding carboxylic acids is 2. The summed E-state index contributed by atoms with van der Waals surface area (Å²) in [5, 5.41) is 9.68. The van der Waals surface area contributed by atoms with Gasteiger partial charge in [0, 0.05) is 25.9 Å². The monoisotopic (exact) mass is 501 g/mol. The lowest BCUT2D eigenvalue weighted by Crippen LogP contribution is -2.17. The number of ketones is 1. The minimum atomic E-state index is -0.307. The highest BCUT2D eigenvalue weighted by Gasteiger charge is 2.20. The molecule has 174 valence electrons.